The highest BCUT2D eigenvalue weighted by atomic mass is 35.5. The number of nitro groups is 1. The van der Waals surface area contributed by atoms with E-state index in [9.17, 15) is 14.9 Å². The van der Waals surface area contributed by atoms with Crippen LogP contribution in [0.4, 0.5) is 10.8 Å². The first kappa shape index (κ1) is 21.3. The lowest BCUT2D eigenvalue weighted by Gasteiger charge is -2.14. The number of benzene rings is 3. The molecule has 10 heteroatoms. The fourth-order valence-electron chi connectivity index (χ4n) is 3.40. The molecule has 5 rings (SSSR count). The van der Waals surface area contributed by atoms with Gasteiger partial charge >= 0.3 is 0 Å². The molecule has 0 N–H and O–H groups in total. The van der Waals surface area contributed by atoms with E-state index in [2.05, 4.69) is 9.98 Å². The van der Waals surface area contributed by atoms with Crippen molar-refractivity contribution in [1.82, 2.24) is 4.98 Å². The number of rotatable bonds is 4. The molecule has 0 saturated carbocycles. The van der Waals surface area contributed by atoms with Crippen LogP contribution in [-0.2, 0) is 4.79 Å². The number of non-ortho nitro benzene ring substituents is 1. The van der Waals surface area contributed by atoms with Crippen LogP contribution < -0.4 is 4.90 Å². The number of aromatic nitrogens is 1. The lowest BCUT2D eigenvalue weighted by Crippen LogP contribution is -2.32. The second kappa shape index (κ2) is 8.40. The van der Waals surface area contributed by atoms with Gasteiger partial charge in [0.2, 0.25) is 0 Å². The molecule has 162 valence electrons. The van der Waals surface area contributed by atoms with E-state index in [0.717, 1.165) is 10.3 Å². The summed E-state index contributed by atoms with van der Waals surface area (Å²) in [6.45, 7) is 0. The molecule has 0 radical (unpaired) electrons. The van der Waals surface area contributed by atoms with Crippen LogP contribution >= 0.6 is 34.5 Å². The molecule has 3 aromatic carbocycles. The van der Waals surface area contributed by atoms with Gasteiger partial charge in [-0.3, -0.25) is 14.9 Å². The molecule has 0 saturated heterocycles. The van der Waals surface area contributed by atoms with Gasteiger partial charge in [-0.2, -0.15) is 0 Å². The number of hydrogen-bond donors (Lipinski definition) is 0. The molecule has 0 atom stereocenters. The van der Waals surface area contributed by atoms with Crippen LogP contribution in [0.5, 0.6) is 0 Å². The number of carbonyl (C=O) groups excluding carboxylic acids is 1. The molecule has 7 nitrogen and oxygen atoms in total. The Balaban J connectivity index is 1.64. The first-order valence-electron chi connectivity index (χ1n) is 9.61. The number of amides is 1. The van der Waals surface area contributed by atoms with Crippen molar-refractivity contribution in [2.45, 2.75) is 0 Å². The van der Waals surface area contributed by atoms with Crippen molar-refractivity contribution in [3.8, 4) is 0 Å². The number of anilines is 1. The van der Waals surface area contributed by atoms with Crippen LogP contribution in [0.25, 0.3) is 16.3 Å². The monoisotopic (exact) mass is 494 g/mol. The Kier molecular flexibility index (Phi) is 5.41. The van der Waals surface area contributed by atoms with Crippen molar-refractivity contribution in [1.29, 1.82) is 0 Å². The molecule has 2 heterocycles. The van der Waals surface area contributed by atoms with Gasteiger partial charge in [-0.05, 0) is 23.8 Å². The molecule has 4 aromatic rings. The summed E-state index contributed by atoms with van der Waals surface area (Å²) in [5.74, 6) is 0.000177. The fraction of sp³-hybridized carbons (Fsp3) is 0. The van der Waals surface area contributed by atoms with Crippen LogP contribution in [0, 0.1) is 10.1 Å². The van der Waals surface area contributed by atoms with Crippen LogP contribution in [0.1, 0.15) is 11.1 Å². The SMILES string of the molecule is O=C1C(=Cc2cccc([N+](=O)[O-])c2)N=C(c2ccccc2)N1c1nc2c(Cl)cc(Cl)cc2s1. The van der Waals surface area contributed by atoms with Crippen molar-refractivity contribution in [2.24, 2.45) is 4.99 Å². The predicted octanol–water partition coefficient (Wildman–Crippen LogP) is 6.35. The number of halogens is 2. The van der Waals surface area contributed by atoms with Gasteiger partial charge in [-0.25, -0.2) is 14.9 Å². The standard InChI is InChI=1S/C23H12Cl2N4O3S/c24-15-11-17(25)20-19(12-15)33-23(27-20)28-21(14-6-2-1-3-7-14)26-18(22(28)30)10-13-5-4-8-16(9-13)29(31)32/h1-12H. The van der Waals surface area contributed by atoms with Gasteiger partial charge in [0.25, 0.3) is 11.6 Å². The van der Waals surface area contributed by atoms with E-state index in [1.54, 1.807) is 24.3 Å². The highest BCUT2D eigenvalue weighted by molar-refractivity contribution is 7.22. The molecule has 0 aliphatic carbocycles. The third kappa shape index (κ3) is 4.00. The zero-order chi connectivity index (χ0) is 23.1. The van der Waals surface area contributed by atoms with Gasteiger partial charge in [-0.1, -0.05) is 77.0 Å². The maximum atomic E-state index is 13.5. The lowest BCUT2D eigenvalue weighted by atomic mass is 10.1. The molecule has 0 unspecified atom stereocenters. The molecule has 0 fully saturated rings. The lowest BCUT2D eigenvalue weighted by molar-refractivity contribution is -0.384. The van der Waals surface area contributed by atoms with Crippen molar-refractivity contribution < 1.29 is 9.72 Å². The first-order chi connectivity index (χ1) is 15.9. The zero-order valence-corrected chi connectivity index (χ0v) is 18.9. The quantitative estimate of drug-likeness (QED) is 0.188. The number of nitro benzene ring substituents is 1. The second-order valence-electron chi connectivity index (χ2n) is 7.05. The predicted molar refractivity (Wildman–Crippen MR) is 131 cm³/mol. The highest BCUT2D eigenvalue weighted by Gasteiger charge is 2.34. The van der Waals surface area contributed by atoms with Gasteiger partial charge in [0, 0.05) is 22.7 Å². The van der Waals surface area contributed by atoms with Gasteiger partial charge in [0.05, 0.1) is 14.6 Å². The summed E-state index contributed by atoms with van der Waals surface area (Å²) in [5.41, 5.74) is 1.81. The summed E-state index contributed by atoms with van der Waals surface area (Å²) in [6, 6.07) is 18.6. The van der Waals surface area contributed by atoms with E-state index in [1.807, 2.05) is 30.3 Å². The van der Waals surface area contributed by atoms with Crippen LogP contribution in [0.15, 0.2) is 77.4 Å². The minimum atomic E-state index is -0.487. The van der Waals surface area contributed by atoms with Crippen molar-refractivity contribution in [2.75, 3.05) is 4.90 Å². The maximum Gasteiger partial charge on any atom is 0.284 e. The van der Waals surface area contributed by atoms with Gasteiger partial charge < -0.3 is 0 Å². The number of aliphatic imine (C=N–C) groups is 1. The minimum absolute atomic E-state index is 0.0726. The van der Waals surface area contributed by atoms with E-state index >= 15 is 0 Å². The highest BCUT2D eigenvalue weighted by Crippen LogP contribution is 2.38. The maximum absolute atomic E-state index is 13.5. The Morgan fingerprint density at radius 3 is 2.58 bits per heavy atom. The summed E-state index contributed by atoms with van der Waals surface area (Å²) in [5, 5.41) is 12.4. The summed E-state index contributed by atoms with van der Waals surface area (Å²) in [4.78, 5) is 34.7. The number of carbonyl (C=O) groups is 1. The molecule has 33 heavy (non-hydrogen) atoms. The average Bonchev–Trinajstić information content (AvgIpc) is 3.36. The Labute approximate surface area is 201 Å². The van der Waals surface area contributed by atoms with Gasteiger partial charge in [-0.15, -0.1) is 0 Å². The molecule has 0 spiro atoms. The van der Waals surface area contributed by atoms with Gasteiger partial charge in [0.15, 0.2) is 5.13 Å². The molecular weight excluding hydrogens is 483 g/mol. The fourth-order valence-corrected chi connectivity index (χ4v) is 5.09. The largest absolute Gasteiger partial charge is 0.284 e. The average molecular weight is 495 g/mol. The normalized spacial score (nSPS) is 14.8. The Bertz CT molecular complexity index is 1500. The number of hydrogen-bond acceptors (Lipinski definition) is 6. The van der Waals surface area contributed by atoms with E-state index in [0.29, 0.717) is 32.1 Å². The topological polar surface area (TPSA) is 88.7 Å². The Morgan fingerprint density at radius 2 is 1.82 bits per heavy atom. The molecule has 1 aliphatic rings. The molecule has 1 aromatic heterocycles. The number of fused-ring (bicyclic) bond motifs is 1. The Hall–Kier alpha value is -3.59. The number of nitrogens with zero attached hydrogens (tertiary/aromatic N) is 4. The smallest absolute Gasteiger partial charge is 0.266 e. The van der Waals surface area contributed by atoms with E-state index < -0.39 is 10.8 Å². The second-order valence-corrected chi connectivity index (χ2v) is 8.91. The minimum Gasteiger partial charge on any atom is -0.266 e. The van der Waals surface area contributed by atoms with Crippen molar-refractivity contribution in [3.63, 3.8) is 0 Å². The third-order valence-electron chi connectivity index (χ3n) is 4.87. The van der Waals surface area contributed by atoms with Crippen LogP contribution in [0.3, 0.4) is 0 Å². The Morgan fingerprint density at radius 1 is 1.03 bits per heavy atom. The molecule has 1 amide bonds. The first-order valence-corrected chi connectivity index (χ1v) is 11.2. The van der Waals surface area contributed by atoms with Crippen molar-refractivity contribution >= 4 is 73.4 Å². The summed E-state index contributed by atoms with van der Waals surface area (Å²) in [7, 11) is 0. The van der Waals surface area contributed by atoms with E-state index in [-0.39, 0.29) is 11.4 Å². The van der Waals surface area contributed by atoms with Crippen LogP contribution in [-0.4, -0.2) is 21.7 Å². The van der Waals surface area contributed by atoms with Crippen LogP contribution in [0.2, 0.25) is 10.0 Å². The van der Waals surface area contributed by atoms with Crippen molar-refractivity contribution in [3.05, 3.63) is 104 Å². The summed E-state index contributed by atoms with van der Waals surface area (Å²) >= 11 is 13.7. The number of amidine groups is 1. The van der Waals surface area contributed by atoms with E-state index in [4.69, 9.17) is 23.2 Å². The third-order valence-corrected chi connectivity index (χ3v) is 6.36. The molecular formula is C23H12Cl2N4O3S. The summed E-state index contributed by atoms with van der Waals surface area (Å²) < 4.78 is 0.735. The molecule has 1 aliphatic heterocycles. The zero-order valence-electron chi connectivity index (χ0n) is 16.6. The summed E-state index contributed by atoms with van der Waals surface area (Å²) in [6.07, 6.45) is 1.52. The molecule has 0 bridgehead atoms. The van der Waals surface area contributed by atoms with Gasteiger partial charge in [0.1, 0.15) is 17.0 Å². The number of thiazole rings is 1. The van der Waals surface area contributed by atoms with E-state index in [1.165, 1.54) is 34.4 Å².